The first-order chi connectivity index (χ1) is 12.0. The maximum absolute atomic E-state index is 12.3. The van der Waals surface area contributed by atoms with Crippen LogP contribution in [-0.2, 0) is 4.79 Å². The zero-order valence-electron chi connectivity index (χ0n) is 14.4. The number of amides is 1. The van der Waals surface area contributed by atoms with Crippen LogP contribution in [0.2, 0.25) is 0 Å². The smallest absolute Gasteiger partial charge is 0.260 e. The molecule has 3 aromatic rings. The summed E-state index contributed by atoms with van der Waals surface area (Å²) in [7, 11) is 1.56. The van der Waals surface area contributed by atoms with Crippen LogP contribution >= 0.6 is 0 Å². The van der Waals surface area contributed by atoms with Crippen molar-refractivity contribution in [1.29, 1.82) is 0 Å². The van der Waals surface area contributed by atoms with E-state index < -0.39 is 6.10 Å². The van der Waals surface area contributed by atoms with E-state index in [1.807, 2.05) is 37.3 Å². The van der Waals surface area contributed by atoms with E-state index in [1.54, 1.807) is 32.3 Å². The van der Waals surface area contributed by atoms with Crippen molar-refractivity contribution in [3.05, 3.63) is 64.6 Å². The van der Waals surface area contributed by atoms with Crippen LogP contribution in [0.5, 0.6) is 5.75 Å². The molecule has 0 aliphatic carbocycles. The van der Waals surface area contributed by atoms with E-state index in [0.29, 0.717) is 11.1 Å². The molecule has 0 aliphatic heterocycles. The number of pyridine rings is 1. The molecule has 1 aromatic heterocycles. The number of H-pyrrole nitrogens is 1. The molecule has 0 saturated carbocycles. The molecule has 1 atom stereocenters. The lowest BCUT2D eigenvalue weighted by Gasteiger charge is -2.14. The number of likely N-dealkylation sites (N-methyl/N-ethyl adjacent to an activating group) is 1. The van der Waals surface area contributed by atoms with Gasteiger partial charge in [-0.1, -0.05) is 24.3 Å². The van der Waals surface area contributed by atoms with Gasteiger partial charge in [0, 0.05) is 18.8 Å². The first-order valence-corrected chi connectivity index (χ1v) is 8.11. The average Bonchev–Trinajstić information content (AvgIpc) is 2.62. The number of aromatic amines is 1. The van der Waals surface area contributed by atoms with Gasteiger partial charge in [-0.15, -0.1) is 0 Å². The molecule has 0 spiro atoms. The minimum Gasteiger partial charge on any atom is -0.481 e. The summed E-state index contributed by atoms with van der Waals surface area (Å²) in [4.78, 5) is 26.7. The molecule has 25 heavy (non-hydrogen) atoms. The molecule has 5 heteroatoms. The summed E-state index contributed by atoms with van der Waals surface area (Å²) in [5.74, 6) is 0.263. The topological polar surface area (TPSA) is 71.2 Å². The van der Waals surface area contributed by atoms with E-state index in [0.717, 1.165) is 22.1 Å². The largest absolute Gasteiger partial charge is 0.481 e. The van der Waals surface area contributed by atoms with Gasteiger partial charge in [0.1, 0.15) is 5.75 Å². The Balaban J connectivity index is 2.10. The summed E-state index contributed by atoms with van der Waals surface area (Å²) in [6, 6.07) is 13.3. The van der Waals surface area contributed by atoms with E-state index in [4.69, 9.17) is 4.74 Å². The Hall–Kier alpha value is -3.08. The Morgan fingerprint density at radius 1 is 1.12 bits per heavy atom. The SMILES string of the molecule is CNC(=O)[C@@H](C)Oc1ccc2c(-c3ccccc3C)c[nH]c(=O)c2c1. The maximum atomic E-state index is 12.3. The molecular weight excluding hydrogens is 316 g/mol. The number of aromatic nitrogens is 1. The number of rotatable bonds is 4. The molecule has 3 rings (SSSR count). The van der Waals surface area contributed by atoms with Crippen molar-refractivity contribution in [3.63, 3.8) is 0 Å². The standard InChI is InChI=1S/C20H20N2O3/c1-12-6-4-5-7-15(12)18-11-22-20(24)17-10-14(8-9-16(17)18)25-13(2)19(23)21-3/h4-11,13H,1-3H3,(H,21,23)(H,22,24)/t13-/m1/s1. The van der Waals surface area contributed by atoms with Gasteiger partial charge in [0.2, 0.25) is 0 Å². The van der Waals surface area contributed by atoms with Crippen LogP contribution in [0.4, 0.5) is 0 Å². The van der Waals surface area contributed by atoms with Crippen molar-refractivity contribution >= 4 is 16.7 Å². The van der Waals surface area contributed by atoms with Gasteiger partial charge in [-0.25, -0.2) is 0 Å². The summed E-state index contributed by atoms with van der Waals surface area (Å²) in [6.45, 7) is 3.70. The second-order valence-electron chi connectivity index (χ2n) is 5.93. The predicted octanol–water partition coefficient (Wildman–Crippen LogP) is 3.02. The van der Waals surface area contributed by atoms with Crippen LogP contribution in [0.3, 0.4) is 0 Å². The van der Waals surface area contributed by atoms with Gasteiger partial charge in [0.25, 0.3) is 11.5 Å². The number of benzene rings is 2. The number of hydrogen-bond donors (Lipinski definition) is 2. The zero-order chi connectivity index (χ0) is 18.0. The van der Waals surface area contributed by atoms with E-state index >= 15 is 0 Å². The van der Waals surface area contributed by atoms with Crippen molar-refractivity contribution in [2.24, 2.45) is 0 Å². The van der Waals surface area contributed by atoms with E-state index in [2.05, 4.69) is 10.3 Å². The number of nitrogens with one attached hydrogen (secondary N) is 2. The lowest BCUT2D eigenvalue weighted by molar-refractivity contribution is -0.126. The third kappa shape index (κ3) is 3.26. The summed E-state index contributed by atoms with van der Waals surface area (Å²) in [6.07, 6.45) is 1.10. The molecule has 5 nitrogen and oxygen atoms in total. The van der Waals surface area contributed by atoms with Crippen molar-refractivity contribution < 1.29 is 9.53 Å². The summed E-state index contributed by atoms with van der Waals surface area (Å²) in [5.41, 5.74) is 2.96. The minimum atomic E-state index is -0.638. The summed E-state index contributed by atoms with van der Waals surface area (Å²) >= 11 is 0. The van der Waals surface area contributed by atoms with Crippen LogP contribution in [0.1, 0.15) is 12.5 Å². The van der Waals surface area contributed by atoms with Gasteiger partial charge in [-0.2, -0.15) is 0 Å². The molecule has 1 amide bonds. The Morgan fingerprint density at radius 2 is 1.88 bits per heavy atom. The molecule has 0 bridgehead atoms. The molecule has 0 aliphatic rings. The monoisotopic (exact) mass is 336 g/mol. The van der Waals surface area contributed by atoms with Crippen molar-refractivity contribution in [3.8, 4) is 16.9 Å². The van der Waals surface area contributed by atoms with Gasteiger partial charge in [0.05, 0.1) is 5.39 Å². The minimum absolute atomic E-state index is 0.189. The zero-order valence-corrected chi connectivity index (χ0v) is 14.4. The van der Waals surface area contributed by atoms with E-state index in [-0.39, 0.29) is 11.5 Å². The van der Waals surface area contributed by atoms with Crippen molar-refractivity contribution in [1.82, 2.24) is 10.3 Å². The molecule has 0 fully saturated rings. The summed E-state index contributed by atoms with van der Waals surface area (Å²) < 4.78 is 5.63. The Morgan fingerprint density at radius 3 is 2.60 bits per heavy atom. The fraction of sp³-hybridized carbons (Fsp3) is 0.200. The lowest BCUT2D eigenvalue weighted by atomic mass is 9.97. The van der Waals surface area contributed by atoms with Gasteiger partial charge in [-0.05, 0) is 48.6 Å². The number of ether oxygens (including phenoxy) is 1. The van der Waals surface area contributed by atoms with Crippen LogP contribution < -0.4 is 15.6 Å². The van der Waals surface area contributed by atoms with Crippen LogP contribution in [0.15, 0.2) is 53.5 Å². The average molecular weight is 336 g/mol. The van der Waals surface area contributed by atoms with Gasteiger partial charge < -0.3 is 15.0 Å². The van der Waals surface area contributed by atoms with Crippen LogP contribution in [-0.4, -0.2) is 24.0 Å². The Labute approximate surface area is 145 Å². The Bertz CT molecular complexity index is 992. The fourth-order valence-corrected chi connectivity index (χ4v) is 2.87. The third-order valence-corrected chi connectivity index (χ3v) is 4.24. The highest BCUT2D eigenvalue weighted by molar-refractivity contribution is 5.97. The first-order valence-electron chi connectivity index (χ1n) is 8.11. The summed E-state index contributed by atoms with van der Waals surface area (Å²) in [5, 5.41) is 3.91. The molecule has 1 heterocycles. The first kappa shape index (κ1) is 16.8. The highest BCUT2D eigenvalue weighted by Gasteiger charge is 2.14. The molecule has 128 valence electrons. The number of fused-ring (bicyclic) bond motifs is 1. The highest BCUT2D eigenvalue weighted by Crippen LogP contribution is 2.30. The van der Waals surface area contributed by atoms with Crippen molar-refractivity contribution in [2.45, 2.75) is 20.0 Å². The van der Waals surface area contributed by atoms with E-state index in [9.17, 15) is 9.59 Å². The van der Waals surface area contributed by atoms with Crippen LogP contribution in [0, 0.1) is 6.92 Å². The lowest BCUT2D eigenvalue weighted by Crippen LogP contribution is -2.33. The molecule has 0 unspecified atom stereocenters. The second-order valence-corrected chi connectivity index (χ2v) is 5.93. The second kappa shape index (κ2) is 6.81. The molecular formula is C20H20N2O3. The van der Waals surface area contributed by atoms with Gasteiger partial charge in [0.15, 0.2) is 6.10 Å². The number of carbonyl (C=O) groups is 1. The number of aryl methyl sites for hydroxylation is 1. The molecule has 0 radical (unpaired) electrons. The quantitative estimate of drug-likeness (QED) is 0.769. The number of hydrogen-bond acceptors (Lipinski definition) is 3. The van der Waals surface area contributed by atoms with Gasteiger partial charge >= 0.3 is 0 Å². The molecule has 2 N–H and O–H groups in total. The third-order valence-electron chi connectivity index (χ3n) is 4.24. The molecule has 2 aromatic carbocycles. The predicted molar refractivity (Wildman–Crippen MR) is 98.9 cm³/mol. The van der Waals surface area contributed by atoms with Crippen molar-refractivity contribution in [2.75, 3.05) is 7.05 Å². The normalized spacial score (nSPS) is 12.0. The van der Waals surface area contributed by atoms with E-state index in [1.165, 1.54) is 0 Å². The number of carbonyl (C=O) groups excluding carboxylic acids is 1. The molecule has 0 saturated heterocycles. The maximum Gasteiger partial charge on any atom is 0.260 e. The van der Waals surface area contributed by atoms with Gasteiger partial charge in [-0.3, -0.25) is 9.59 Å². The van der Waals surface area contributed by atoms with Crippen LogP contribution in [0.25, 0.3) is 21.9 Å². The highest BCUT2D eigenvalue weighted by atomic mass is 16.5. The Kier molecular flexibility index (Phi) is 4.57. The fourth-order valence-electron chi connectivity index (χ4n) is 2.87.